The number of amides is 1. The number of fused-ring (bicyclic) bond motifs is 1. The van der Waals surface area contributed by atoms with Crippen molar-refractivity contribution in [1.29, 1.82) is 5.26 Å². The predicted octanol–water partition coefficient (Wildman–Crippen LogP) is -1.05. The van der Waals surface area contributed by atoms with Crippen LogP contribution in [0.3, 0.4) is 0 Å². The van der Waals surface area contributed by atoms with Gasteiger partial charge in [0.25, 0.3) is 5.56 Å². The molecular weight excluding hydrogens is 328 g/mol. The Hall–Kier alpha value is -2.44. The number of carbonyl (C=O) groups is 1. The third-order valence-corrected chi connectivity index (χ3v) is 4.22. The van der Waals surface area contributed by atoms with Gasteiger partial charge in [0.05, 0.1) is 13.2 Å². The lowest BCUT2D eigenvalue weighted by atomic mass is 10.2. The molecule has 1 aliphatic heterocycles. The summed E-state index contributed by atoms with van der Waals surface area (Å²) in [5.41, 5.74) is -0.822. The minimum Gasteiger partial charge on any atom is -0.383 e. The fourth-order valence-electron chi connectivity index (χ4n) is 2.89. The van der Waals surface area contributed by atoms with Crippen LogP contribution in [-0.2, 0) is 33.8 Å². The summed E-state index contributed by atoms with van der Waals surface area (Å²) in [5, 5.41) is 9.27. The maximum atomic E-state index is 12.6. The summed E-state index contributed by atoms with van der Waals surface area (Å²) in [5.74, 6) is -0.393. The van der Waals surface area contributed by atoms with Crippen LogP contribution in [-0.4, -0.2) is 60.5 Å². The van der Waals surface area contributed by atoms with Gasteiger partial charge in [0.1, 0.15) is 18.2 Å². The van der Waals surface area contributed by atoms with Crippen LogP contribution < -0.4 is 11.2 Å². The molecule has 1 aliphatic rings. The molecule has 0 bridgehead atoms. The molecule has 9 heteroatoms. The highest BCUT2D eigenvalue weighted by Gasteiger charge is 2.24. The summed E-state index contributed by atoms with van der Waals surface area (Å²) in [6, 6.07) is 1.88. The van der Waals surface area contributed by atoms with Gasteiger partial charge >= 0.3 is 5.69 Å². The van der Waals surface area contributed by atoms with Gasteiger partial charge < -0.3 is 14.4 Å². The molecular formula is C16H22N4O5. The lowest BCUT2D eigenvalue weighted by molar-refractivity contribution is -0.133. The second-order valence-electron chi connectivity index (χ2n) is 5.73. The van der Waals surface area contributed by atoms with E-state index < -0.39 is 23.7 Å². The molecule has 0 saturated heterocycles. The number of hydrogen-bond acceptors (Lipinski definition) is 6. The van der Waals surface area contributed by atoms with Crippen molar-refractivity contribution in [2.45, 2.75) is 25.9 Å². The minimum atomic E-state index is -0.701. The van der Waals surface area contributed by atoms with Gasteiger partial charge in [-0.05, 0) is 12.8 Å². The van der Waals surface area contributed by atoms with Crippen molar-refractivity contribution >= 4 is 5.91 Å². The van der Waals surface area contributed by atoms with Gasteiger partial charge in [-0.1, -0.05) is 0 Å². The lowest BCUT2D eigenvalue weighted by Crippen LogP contribution is -2.47. The second kappa shape index (κ2) is 8.60. The van der Waals surface area contributed by atoms with Crippen LogP contribution in [0.5, 0.6) is 0 Å². The highest BCUT2D eigenvalue weighted by atomic mass is 16.5. The largest absolute Gasteiger partial charge is 0.383 e. The molecule has 0 atom stereocenters. The quantitative estimate of drug-likeness (QED) is 0.592. The van der Waals surface area contributed by atoms with Crippen molar-refractivity contribution in [3.05, 3.63) is 32.1 Å². The van der Waals surface area contributed by atoms with E-state index in [2.05, 4.69) is 0 Å². The Bertz CT molecular complexity index is 781. The lowest BCUT2D eigenvalue weighted by Gasteiger charge is -2.22. The number of ether oxygens (including phenoxy) is 2. The van der Waals surface area contributed by atoms with E-state index in [9.17, 15) is 19.6 Å². The van der Waals surface area contributed by atoms with Gasteiger partial charge in [-0.25, -0.2) is 9.36 Å². The Balaban J connectivity index is 2.33. The summed E-state index contributed by atoms with van der Waals surface area (Å²) < 4.78 is 12.2. The minimum absolute atomic E-state index is 0.0507. The highest BCUT2D eigenvalue weighted by Crippen LogP contribution is 2.13. The molecule has 0 saturated carbocycles. The van der Waals surface area contributed by atoms with Gasteiger partial charge in [-0.2, -0.15) is 5.26 Å². The van der Waals surface area contributed by atoms with E-state index in [4.69, 9.17) is 9.47 Å². The summed E-state index contributed by atoms with van der Waals surface area (Å²) in [4.78, 5) is 39.0. The maximum absolute atomic E-state index is 12.6. The smallest absolute Gasteiger partial charge is 0.331 e. The number of methoxy groups -OCH3 is 2. The zero-order chi connectivity index (χ0) is 18.4. The first kappa shape index (κ1) is 18.9. The summed E-state index contributed by atoms with van der Waals surface area (Å²) in [6.07, 6.45) is 1.23. The molecule has 0 fully saturated rings. The van der Waals surface area contributed by atoms with E-state index in [-0.39, 0.29) is 5.56 Å². The average molecular weight is 350 g/mol. The van der Waals surface area contributed by atoms with Gasteiger partial charge in [0.15, 0.2) is 0 Å². The zero-order valence-corrected chi connectivity index (χ0v) is 14.5. The Labute approximate surface area is 145 Å². The molecule has 0 aliphatic carbocycles. The molecule has 2 heterocycles. The second-order valence-corrected chi connectivity index (χ2v) is 5.73. The van der Waals surface area contributed by atoms with Crippen LogP contribution in [0.2, 0.25) is 0 Å². The first-order valence-corrected chi connectivity index (χ1v) is 8.07. The first-order valence-electron chi connectivity index (χ1n) is 8.07. The van der Waals surface area contributed by atoms with Crippen molar-refractivity contribution in [3.8, 4) is 6.07 Å². The standard InChI is InChI=1S/C16H22N4O5/c1-24-8-6-18(7-9-25-2)14(21)11-20-15(22)12(10-17)13-4-3-5-19(13)16(20)23/h3-9,11H2,1-2H3. The summed E-state index contributed by atoms with van der Waals surface area (Å²) in [6.45, 7) is 1.36. The molecule has 25 heavy (non-hydrogen) atoms. The Kier molecular flexibility index (Phi) is 6.50. The number of rotatable bonds is 8. The topological polar surface area (TPSA) is 107 Å². The third-order valence-electron chi connectivity index (χ3n) is 4.22. The van der Waals surface area contributed by atoms with Crippen molar-refractivity contribution in [2.24, 2.45) is 0 Å². The summed E-state index contributed by atoms with van der Waals surface area (Å²) >= 11 is 0. The van der Waals surface area contributed by atoms with E-state index in [1.165, 1.54) is 23.7 Å². The fraction of sp³-hybridized carbons (Fsp3) is 0.625. The number of hydrogen-bond donors (Lipinski definition) is 0. The van der Waals surface area contributed by atoms with Crippen molar-refractivity contribution in [1.82, 2.24) is 14.0 Å². The predicted molar refractivity (Wildman–Crippen MR) is 88.3 cm³/mol. The molecule has 2 rings (SSSR count). The monoisotopic (exact) mass is 350 g/mol. The van der Waals surface area contributed by atoms with Crippen LogP contribution in [0.25, 0.3) is 0 Å². The highest BCUT2D eigenvalue weighted by molar-refractivity contribution is 5.76. The van der Waals surface area contributed by atoms with Crippen molar-refractivity contribution in [3.63, 3.8) is 0 Å². The van der Waals surface area contributed by atoms with E-state index in [1.807, 2.05) is 6.07 Å². The molecule has 1 aromatic heterocycles. The molecule has 0 unspecified atom stereocenters. The van der Waals surface area contributed by atoms with Crippen LogP contribution in [0.4, 0.5) is 0 Å². The molecule has 0 radical (unpaired) electrons. The molecule has 9 nitrogen and oxygen atoms in total. The Morgan fingerprint density at radius 2 is 1.88 bits per heavy atom. The van der Waals surface area contributed by atoms with Gasteiger partial charge in [-0.3, -0.25) is 14.2 Å². The molecule has 136 valence electrons. The fourth-order valence-corrected chi connectivity index (χ4v) is 2.89. The average Bonchev–Trinajstić information content (AvgIpc) is 3.08. The van der Waals surface area contributed by atoms with Crippen LogP contribution >= 0.6 is 0 Å². The SMILES string of the molecule is COCCN(CCOC)C(=O)Cn1c(=O)c(C#N)c2n(c1=O)CCC2. The van der Waals surface area contributed by atoms with E-state index >= 15 is 0 Å². The number of aromatic nitrogens is 2. The molecule has 1 amide bonds. The number of carbonyl (C=O) groups excluding carboxylic acids is 1. The normalized spacial score (nSPS) is 12.7. The molecule has 0 N–H and O–H groups in total. The molecule has 0 spiro atoms. The van der Waals surface area contributed by atoms with Gasteiger partial charge in [-0.15, -0.1) is 0 Å². The number of nitriles is 1. The molecule has 0 aromatic carbocycles. The first-order chi connectivity index (χ1) is 12.0. The maximum Gasteiger partial charge on any atom is 0.331 e. The van der Waals surface area contributed by atoms with Gasteiger partial charge in [0.2, 0.25) is 5.91 Å². The van der Waals surface area contributed by atoms with E-state index in [1.54, 1.807) is 0 Å². The van der Waals surface area contributed by atoms with Gasteiger partial charge in [0, 0.05) is 39.5 Å². The Morgan fingerprint density at radius 1 is 1.24 bits per heavy atom. The third kappa shape index (κ3) is 3.97. The zero-order valence-electron chi connectivity index (χ0n) is 14.5. The van der Waals surface area contributed by atoms with E-state index in [0.717, 1.165) is 4.57 Å². The Morgan fingerprint density at radius 3 is 2.44 bits per heavy atom. The van der Waals surface area contributed by atoms with E-state index in [0.29, 0.717) is 51.4 Å². The number of nitrogens with zero attached hydrogens (tertiary/aromatic N) is 4. The summed E-state index contributed by atoms with van der Waals surface area (Å²) in [7, 11) is 3.05. The van der Waals surface area contributed by atoms with Crippen LogP contribution in [0.15, 0.2) is 9.59 Å². The van der Waals surface area contributed by atoms with Crippen LogP contribution in [0, 0.1) is 11.3 Å². The van der Waals surface area contributed by atoms with Crippen molar-refractivity contribution < 1.29 is 14.3 Å². The van der Waals surface area contributed by atoms with Crippen LogP contribution in [0.1, 0.15) is 17.7 Å². The van der Waals surface area contributed by atoms with Crippen molar-refractivity contribution in [2.75, 3.05) is 40.5 Å². The molecule has 1 aromatic rings.